The molecule has 3 aromatic rings. The van der Waals surface area contributed by atoms with E-state index in [9.17, 15) is 9.90 Å². The van der Waals surface area contributed by atoms with Crippen LogP contribution in [0.2, 0.25) is 0 Å². The van der Waals surface area contributed by atoms with Crippen LogP contribution in [0.3, 0.4) is 0 Å². The van der Waals surface area contributed by atoms with E-state index in [0.29, 0.717) is 24.6 Å². The van der Waals surface area contributed by atoms with E-state index in [1.165, 1.54) is 23.1 Å². The lowest BCUT2D eigenvalue weighted by Crippen LogP contribution is -2.06. The number of rotatable bonds is 8. The van der Waals surface area contributed by atoms with E-state index in [4.69, 9.17) is 4.74 Å². The maximum absolute atomic E-state index is 11.7. The molecule has 0 aliphatic rings. The summed E-state index contributed by atoms with van der Waals surface area (Å²) in [6.45, 7) is 2.62. The molecule has 136 valence electrons. The molecule has 0 bridgehead atoms. The van der Waals surface area contributed by atoms with Gasteiger partial charge in [0, 0.05) is 17.8 Å². The van der Waals surface area contributed by atoms with Crippen molar-refractivity contribution in [3.63, 3.8) is 0 Å². The number of hydrogen-bond acceptors (Lipinski definition) is 8. The van der Waals surface area contributed by atoms with E-state index in [-0.39, 0.29) is 6.61 Å². The van der Waals surface area contributed by atoms with Crippen LogP contribution in [0.4, 0.5) is 0 Å². The number of esters is 1. The fourth-order valence-corrected chi connectivity index (χ4v) is 4.05. The molecule has 9 heteroatoms. The van der Waals surface area contributed by atoms with Crippen LogP contribution in [0, 0.1) is 0 Å². The summed E-state index contributed by atoms with van der Waals surface area (Å²) in [5.74, 6) is 0.184. The van der Waals surface area contributed by atoms with Gasteiger partial charge in [0.05, 0.1) is 37.4 Å². The van der Waals surface area contributed by atoms with Gasteiger partial charge < -0.3 is 14.4 Å². The zero-order chi connectivity index (χ0) is 18.4. The zero-order valence-corrected chi connectivity index (χ0v) is 15.8. The summed E-state index contributed by atoms with van der Waals surface area (Å²) in [6.07, 6.45) is 5.16. The molecule has 0 aliphatic carbocycles. The molecule has 0 aliphatic heterocycles. The second-order valence-corrected chi connectivity index (χ2v) is 7.15. The molecule has 3 rings (SSSR count). The van der Waals surface area contributed by atoms with Crippen molar-refractivity contribution in [2.24, 2.45) is 0 Å². The van der Waals surface area contributed by atoms with Gasteiger partial charge in [-0.05, 0) is 24.6 Å². The van der Waals surface area contributed by atoms with Crippen LogP contribution in [0.1, 0.15) is 33.7 Å². The second kappa shape index (κ2) is 8.93. The van der Waals surface area contributed by atoms with Crippen LogP contribution in [0.15, 0.2) is 41.3 Å². The number of thioether (sulfide) groups is 1. The Bertz CT molecular complexity index is 864. The lowest BCUT2D eigenvalue weighted by molar-refractivity contribution is 0.0520. The summed E-state index contributed by atoms with van der Waals surface area (Å²) >= 11 is 2.93. The number of ether oxygens (including phenoxy) is 1. The maximum atomic E-state index is 11.7. The maximum Gasteiger partial charge on any atom is 0.357 e. The van der Waals surface area contributed by atoms with Gasteiger partial charge in [0.1, 0.15) is 5.01 Å². The van der Waals surface area contributed by atoms with Gasteiger partial charge in [-0.2, -0.15) is 0 Å². The van der Waals surface area contributed by atoms with Crippen LogP contribution in [0.25, 0.3) is 0 Å². The van der Waals surface area contributed by atoms with Gasteiger partial charge >= 0.3 is 5.97 Å². The highest BCUT2D eigenvalue weighted by atomic mass is 32.2. The van der Waals surface area contributed by atoms with Crippen LogP contribution in [-0.4, -0.2) is 37.2 Å². The van der Waals surface area contributed by atoms with Crippen LogP contribution in [-0.2, 0) is 23.6 Å². The van der Waals surface area contributed by atoms with Crippen molar-refractivity contribution in [3.05, 3.63) is 58.1 Å². The van der Waals surface area contributed by atoms with E-state index >= 15 is 0 Å². The number of aromatic nitrogens is 4. The fraction of sp³-hybridized carbons (Fsp3) is 0.294. The topological polar surface area (TPSA) is 90.1 Å². The first-order valence-electron chi connectivity index (χ1n) is 7.99. The second-order valence-electron chi connectivity index (χ2n) is 5.27. The third kappa shape index (κ3) is 4.48. The Morgan fingerprint density at radius 1 is 1.38 bits per heavy atom. The van der Waals surface area contributed by atoms with Gasteiger partial charge in [0.15, 0.2) is 10.9 Å². The molecule has 7 nitrogen and oxygen atoms in total. The largest absolute Gasteiger partial charge is 0.461 e. The number of carbonyl (C=O) groups excluding carboxylic acids is 1. The molecule has 1 N–H and O–H groups in total. The molecular weight excluding hydrogens is 372 g/mol. The lowest BCUT2D eigenvalue weighted by Gasteiger charge is -2.10. The molecule has 0 saturated heterocycles. The molecular formula is C17H18N4O3S2. The number of aliphatic hydroxyl groups is 1. The standard InChI is InChI=1S/C17H18N4O3S2/c1-2-24-16(23)14-10-25-15(20-14)11-26-17-19-7-13(9-22)21(17)8-12-3-5-18-6-4-12/h3-7,10,22H,2,8-9,11H2,1H3. The number of hydrogen-bond donors (Lipinski definition) is 1. The Morgan fingerprint density at radius 3 is 2.92 bits per heavy atom. The molecule has 0 atom stereocenters. The van der Waals surface area contributed by atoms with Gasteiger partial charge in [-0.1, -0.05) is 11.8 Å². The first-order valence-corrected chi connectivity index (χ1v) is 9.86. The minimum Gasteiger partial charge on any atom is -0.461 e. The van der Waals surface area contributed by atoms with E-state index in [1.807, 2.05) is 16.7 Å². The van der Waals surface area contributed by atoms with E-state index < -0.39 is 5.97 Å². The monoisotopic (exact) mass is 390 g/mol. The van der Waals surface area contributed by atoms with Crippen molar-refractivity contribution in [1.29, 1.82) is 0 Å². The summed E-state index contributed by atoms with van der Waals surface area (Å²) in [7, 11) is 0. The molecule has 0 radical (unpaired) electrons. The number of aliphatic hydroxyl groups excluding tert-OH is 1. The fourth-order valence-electron chi connectivity index (χ4n) is 2.28. The number of pyridine rings is 1. The van der Waals surface area contributed by atoms with Crippen LogP contribution < -0.4 is 0 Å². The van der Waals surface area contributed by atoms with Crippen molar-refractivity contribution in [2.75, 3.05) is 6.61 Å². The summed E-state index contributed by atoms with van der Waals surface area (Å²) < 4.78 is 6.93. The Kier molecular flexibility index (Phi) is 6.37. The lowest BCUT2D eigenvalue weighted by atomic mass is 10.2. The summed E-state index contributed by atoms with van der Waals surface area (Å²) in [6, 6.07) is 3.87. The first-order chi connectivity index (χ1) is 12.7. The predicted molar refractivity (Wildman–Crippen MR) is 99.1 cm³/mol. The summed E-state index contributed by atoms with van der Waals surface area (Å²) in [5.41, 5.74) is 2.16. The summed E-state index contributed by atoms with van der Waals surface area (Å²) in [5, 5.41) is 12.9. The Balaban J connectivity index is 1.70. The normalized spacial score (nSPS) is 10.8. The molecule has 26 heavy (non-hydrogen) atoms. The molecule has 0 amide bonds. The highest BCUT2D eigenvalue weighted by Gasteiger charge is 2.14. The highest BCUT2D eigenvalue weighted by Crippen LogP contribution is 2.25. The average Bonchev–Trinajstić information content (AvgIpc) is 3.28. The quantitative estimate of drug-likeness (QED) is 0.467. The Labute approximate surface area is 159 Å². The zero-order valence-electron chi connectivity index (χ0n) is 14.2. The van der Waals surface area contributed by atoms with Gasteiger partial charge in [-0.25, -0.2) is 14.8 Å². The van der Waals surface area contributed by atoms with Crippen molar-refractivity contribution in [1.82, 2.24) is 19.5 Å². The smallest absolute Gasteiger partial charge is 0.357 e. The molecule has 3 aromatic heterocycles. The van der Waals surface area contributed by atoms with Crippen molar-refractivity contribution < 1.29 is 14.6 Å². The van der Waals surface area contributed by atoms with Crippen molar-refractivity contribution >= 4 is 29.1 Å². The molecule has 0 unspecified atom stereocenters. The van der Waals surface area contributed by atoms with E-state index in [1.54, 1.807) is 30.9 Å². The van der Waals surface area contributed by atoms with Gasteiger partial charge in [0.2, 0.25) is 0 Å². The molecule has 0 saturated carbocycles. The van der Waals surface area contributed by atoms with E-state index in [0.717, 1.165) is 21.4 Å². The molecule has 0 aromatic carbocycles. The third-order valence-electron chi connectivity index (χ3n) is 3.51. The average molecular weight is 390 g/mol. The van der Waals surface area contributed by atoms with Gasteiger partial charge in [0.25, 0.3) is 0 Å². The van der Waals surface area contributed by atoms with Gasteiger partial charge in [-0.3, -0.25) is 4.98 Å². The highest BCUT2D eigenvalue weighted by molar-refractivity contribution is 7.98. The number of thiazole rings is 1. The summed E-state index contributed by atoms with van der Waals surface area (Å²) in [4.78, 5) is 24.4. The van der Waals surface area contributed by atoms with Crippen molar-refractivity contribution in [2.45, 2.75) is 31.0 Å². The Hall–Kier alpha value is -2.23. The van der Waals surface area contributed by atoms with Crippen molar-refractivity contribution in [3.8, 4) is 0 Å². The SMILES string of the molecule is CCOC(=O)c1csc(CSc2ncc(CO)n2Cc2ccncc2)n1. The number of carbonyl (C=O) groups is 1. The van der Waals surface area contributed by atoms with Crippen LogP contribution in [0.5, 0.6) is 0 Å². The molecule has 0 fully saturated rings. The van der Waals surface area contributed by atoms with Crippen LogP contribution >= 0.6 is 23.1 Å². The van der Waals surface area contributed by atoms with Gasteiger partial charge in [-0.15, -0.1) is 11.3 Å². The minimum absolute atomic E-state index is 0.0805. The number of imidazole rings is 1. The number of nitrogens with zero attached hydrogens (tertiary/aromatic N) is 4. The first kappa shape index (κ1) is 18.6. The molecule has 3 heterocycles. The molecule has 0 spiro atoms. The predicted octanol–water partition coefficient (Wildman–Crippen LogP) is 2.74. The third-order valence-corrected chi connectivity index (χ3v) is 5.55. The minimum atomic E-state index is -0.401. The van der Waals surface area contributed by atoms with E-state index in [2.05, 4.69) is 15.0 Å². The Morgan fingerprint density at radius 2 is 2.19 bits per heavy atom.